The molecule has 4 atom stereocenters. The number of hydrogen-bond donors (Lipinski definition) is 0. The van der Waals surface area contributed by atoms with Crippen molar-refractivity contribution in [3.05, 3.63) is 0 Å². The van der Waals surface area contributed by atoms with E-state index in [0.717, 1.165) is 38.9 Å². The summed E-state index contributed by atoms with van der Waals surface area (Å²) in [5, 5.41) is 0. The summed E-state index contributed by atoms with van der Waals surface area (Å²) >= 11 is 0. The molecule has 124 valence electrons. The van der Waals surface area contributed by atoms with E-state index in [9.17, 15) is 0 Å². The average molecular weight is 302 g/mol. The molecule has 0 bridgehead atoms. The maximum Gasteiger partial charge on any atom is 0.190 e. The Bertz CT molecular complexity index is 307. The molecule has 0 saturated carbocycles. The van der Waals surface area contributed by atoms with E-state index >= 15 is 0 Å². The van der Waals surface area contributed by atoms with Gasteiger partial charge in [-0.05, 0) is 26.7 Å². The fraction of sp³-hybridized carbons (Fsp3) is 1.00. The number of unbranched alkanes of at least 4 members (excludes halogenated alkanes) is 2. The van der Waals surface area contributed by atoms with Crippen LogP contribution in [0.15, 0.2) is 0 Å². The Labute approximate surface area is 128 Å². The van der Waals surface area contributed by atoms with Gasteiger partial charge in [-0.1, -0.05) is 26.7 Å². The summed E-state index contributed by atoms with van der Waals surface area (Å²) in [7, 11) is 0. The van der Waals surface area contributed by atoms with E-state index in [2.05, 4.69) is 13.8 Å². The van der Waals surface area contributed by atoms with E-state index in [-0.39, 0.29) is 24.6 Å². The van der Waals surface area contributed by atoms with Gasteiger partial charge in [0.05, 0.1) is 6.61 Å². The first kappa shape index (κ1) is 17.2. The Morgan fingerprint density at radius 2 is 1.71 bits per heavy atom. The van der Waals surface area contributed by atoms with Crippen molar-refractivity contribution in [1.82, 2.24) is 0 Å². The van der Waals surface area contributed by atoms with E-state index in [0.29, 0.717) is 6.61 Å². The third-order valence-corrected chi connectivity index (χ3v) is 3.82. The van der Waals surface area contributed by atoms with Crippen molar-refractivity contribution in [1.29, 1.82) is 0 Å². The van der Waals surface area contributed by atoms with Gasteiger partial charge in [0.15, 0.2) is 12.1 Å². The molecule has 5 heteroatoms. The molecule has 21 heavy (non-hydrogen) atoms. The van der Waals surface area contributed by atoms with Crippen LogP contribution in [0.1, 0.15) is 53.4 Å². The van der Waals surface area contributed by atoms with Crippen molar-refractivity contribution in [2.75, 3.05) is 19.8 Å². The van der Waals surface area contributed by atoms with Gasteiger partial charge in [-0.15, -0.1) is 0 Å². The summed E-state index contributed by atoms with van der Waals surface area (Å²) in [6.07, 6.45) is 3.65. The Balaban J connectivity index is 1.87. The molecule has 0 aromatic carbocycles. The first-order valence-corrected chi connectivity index (χ1v) is 8.28. The number of fused-ring (bicyclic) bond motifs is 1. The fourth-order valence-corrected chi connectivity index (χ4v) is 2.69. The lowest BCUT2D eigenvalue weighted by Crippen LogP contribution is -2.39. The highest BCUT2D eigenvalue weighted by atomic mass is 16.8. The molecule has 0 amide bonds. The van der Waals surface area contributed by atoms with Crippen LogP contribution in [0.5, 0.6) is 0 Å². The highest BCUT2D eigenvalue weighted by molar-refractivity contribution is 4.94. The van der Waals surface area contributed by atoms with Crippen LogP contribution in [0, 0.1) is 0 Å². The molecule has 0 aliphatic carbocycles. The van der Waals surface area contributed by atoms with E-state index in [1.807, 2.05) is 13.8 Å². The van der Waals surface area contributed by atoms with Gasteiger partial charge in [0.25, 0.3) is 0 Å². The summed E-state index contributed by atoms with van der Waals surface area (Å²) in [5.74, 6) is -0.601. The molecule has 0 aromatic rings. The molecular weight excluding hydrogens is 272 g/mol. The lowest BCUT2D eigenvalue weighted by Gasteiger charge is -2.25. The Morgan fingerprint density at radius 3 is 2.43 bits per heavy atom. The lowest BCUT2D eigenvalue weighted by atomic mass is 10.1. The lowest BCUT2D eigenvalue weighted by molar-refractivity contribution is -0.223. The van der Waals surface area contributed by atoms with Gasteiger partial charge >= 0.3 is 0 Å². The molecule has 0 spiro atoms. The van der Waals surface area contributed by atoms with Crippen LogP contribution in [-0.4, -0.2) is 50.2 Å². The Morgan fingerprint density at radius 1 is 1.00 bits per heavy atom. The second-order valence-electron chi connectivity index (χ2n) is 6.26. The molecule has 2 fully saturated rings. The van der Waals surface area contributed by atoms with Crippen LogP contribution in [0.4, 0.5) is 0 Å². The van der Waals surface area contributed by atoms with Crippen molar-refractivity contribution < 1.29 is 23.7 Å². The van der Waals surface area contributed by atoms with E-state index in [1.165, 1.54) is 0 Å². The number of rotatable bonds is 9. The predicted molar refractivity (Wildman–Crippen MR) is 79.1 cm³/mol. The second kappa shape index (κ2) is 7.88. The smallest absolute Gasteiger partial charge is 0.190 e. The van der Waals surface area contributed by atoms with Gasteiger partial charge in [0.2, 0.25) is 0 Å². The third kappa shape index (κ3) is 4.63. The molecule has 0 radical (unpaired) electrons. The van der Waals surface area contributed by atoms with E-state index in [1.54, 1.807) is 0 Å². The van der Waals surface area contributed by atoms with Gasteiger partial charge in [0, 0.05) is 13.2 Å². The summed E-state index contributed by atoms with van der Waals surface area (Å²) in [6.45, 7) is 10.1. The predicted octanol–water partition coefficient (Wildman–Crippen LogP) is 2.86. The van der Waals surface area contributed by atoms with Crippen molar-refractivity contribution in [2.24, 2.45) is 0 Å². The van der Waals surface area contributed by atoms with Crippen LogP contribution in [0.25, 0.3) is 0 Å². The minimum absolute atomic E-state index is 0.107. The van der Waals surface area contributed by atoms with Crippen molar-refractivity contribution in [3.63, 3.8) is 0 Å². The van der Waals surface area contributed by atoms with Gasteiger partial charge in [-0.2, -0.15) is 0 Å². The quantitative estimate of drug-likeness (QED) is 0.613. The van der Waals surface area contributed by atoms with Crippen LogP contribution in [0.2, 0.25) is 0 Å². The number of hydrogen-bond acceptors (Lipinski definition) is 5. The summed E-state index contributed by atoms with van der Waals surface area (Å²) < 4.78 is 29.4. The maximum absolute atomic E-state index is 6.01. The maximum atomic E-state index is 6.01. The zero-order valence-corrected chi connectivity index (χ0v) is 13.8. The monoisotopic (exact) mass is 302 g/mol. The molecule has 2 aliphatic rings. The zero-order chi connectivity index (χ0) is 15.3. The van der Waals surface area contributed by atoms with Crippen LogP contribution in [-0.2, 0) is 23.7 Å². The molecule has 0 unspecified atom stereocenters. The molecule has 2 rings (SSSR count). The average Bonchev–Trinajstić information content (AvgIpc) is 2.88. The van der Waals surface area contributed by atoms with Crippen LogP contribution < -0.4 is 0 Å². The Kier molecular flexibility index (Phi) is 6.44. The molecule has 0 N–H and O–H groups in total. The third-order valence-electron chi connectivity index (χ3n) is 3.82. The first-order chi connectivity index (χ1) is 10.1. The first-order valence-electron chi connectivity index (χ1n) is 8.28. The standard InChI is InChI=1S/C16H30O5/c1-5-7-9-17-11-12-13(18-10-8-6-2)14-15(19-12)21-16(3,4)20-14/h12-15H,5-11H2,1-4H3/t12-,13-,14+,15+/m1/s1. The van der Waals surface area contributed by atoms with Gasteiger partial charge in [-0.25, -0.2) is 0 Å². The zero-order valence-electron chi connectivity index (χ0n) is 13.8. The minimum atomic E-state index is -0.601. The largest absolute Gasteiger partial charge is 0.379 e. The van der Waals surface area contributed by atoms with Gasteiger partial charge in [0.1, 0.15) is 18.3 Å². The van der Waals surface area contributed by atoms with Gasteiger partial charge < -0.3 is 23.7 Å². The highest BCUT2D eigenvalue weighted by Gasteiger charge is 2.55. The normalized spacial score (nSPS) is 34.3. The highest BCUT2D eigenvalue weighted by Crippen LogP contribution is 2.38. The van der Waals surface area contributed by atoms with Crippen molar-refractivity contribution >= 4 is 0 Å². The van der Waals surface area contributed by atoms with Crippen LogP contribution in [0.3, 0.4) is 0 Å². The van der Waals surface area contributed by atoms with E-state index < -0.39 is 5.79 Å². The SMILES string of the molecule is CCCCOC[C@H]1O[C@H]2OC(C)(C)O[C@H]2[C@@H]1OCCCC. The molecular formula is C16H30O5. The number of ether oxygens (including phenoxy) is 5. The fourth-order valence-electron chi connectivity index (χ4n) is 2.69. The summed E-state index contributed by atoms with van der Waals surface area (Å²) in [5.41, 5.74) is 0. The van der Waals surface area contributed by atoms with Gasteiger partial charge in [-0.3, -0.25) is 0 Å². The second-order valence-corrected chi connectivity index (χ2v) is 6.26. The van der Waals surface area contributed by atoms with Crippen molar-refractivity contribution in [3.8, 4) is 0 Å². The summed E-state index contributed by atoms with van der Waals surface area (Å²) in [6, 6.07) is 0. The molecule has 2 aliphatic heterocycles. The molecule has 2 saturated heterocycles. The molecule has 2 heterocycles. The van der Waals surface area contributed by atoms with Crippen LogP contribution >= 0.6 is 0 Å². The van der Waals surface area contributed by atoms with Crippen molar-refractivity contribution in [2.45, 2.75) is 83.8 Å². The minimum Gasteiger partial charge on any atom is -0.379 e. The Hall–Kier alpha value is -0.200. The molecule has 0 aromatic heterocycles. The van der Waals surface area contributed by atoms with E-state index in [4.69, 9.17) is 23.7 Å². The topological polar surface area (TPSA) is 46.2 Å². The molecule has 5 nitrogen and oxygen atoms in total. The summed E-state index contributed by atoms with van der Waals surface area (Å²) in [4.78, 5) is 0.